The maximum Gasteiger partial charge on any atom is 0.107 e. The molecule has 0 aromatic carbocycles. The fraction of sp³-hybridized carbons (Fsp3) is 0.500. The molecule has 0 spiro atoms. The molecule has 2 aromatic heterocycles. The molecular weight excluding hydrogens is 297 g/mol. The van der Waals surface area contributed by atoms with Gasteiger partial charge in [-0.05, 0) is 49.9 Å². The maximum atomic E-state index is 11.1. The van der Waals surface area contributed by atoms with Crippen molar-refractivity contribution >= 4 is 29.5 Å². The van der Waals surface area contributed by atoms with Crippen LogP contribution in [0.15, 0.2) is 24.7 Å². The summed E-state index contributed by atoms with van der Waals surface area (Å²) in [5, 5.41) is 15.1. The van der Waals surface area contributed by atoms with Crippen LogP contribution in [0.3, 0.4) is 0 Å². The number of hydrogen-bond acceptors (Lipinski definition) is 3. The predicted molar refractivity (Wildman–Crippen MR) is 80.4 cm³/mol. The van der Waals surface area contributed by atoms with E-state index in [1.807, 2.05) is 16.5 Å². The van der Waals surface area contributed by atoms with E-state index in [4.69, 9.17) is 11.6 Å². The second kappa shape index (κ2) is 4.88. The minimum Gasteiger partial charge on any atom is -0.384 e. The average Bonchev–Trinajstić information content (AvgIpc) is 3.02. The van der Waals surface area contributed by atoms with Gasteiger partial charge in [0.25, 0.3) is 0 Å². The van der Waals surface area contributed by atoms with Crippen molar-refractivity contribution in [3.63, 3.8) is 0 Å². The minimum absolute atomic E-state index is 0. The summed E-state index contributed by atoms with van der Waals surface area (Å²) in [5.74, 6) is 1.11. The second-order valence-corrected chi connectivity index (χ2v) is 6.24. The van der Waals surface area contributed by atoms with Gasteiger partial charge in [0.2, 0.25) is 0 Å². The van der Waals surface area contributed by atoms with Crippen LogP contribution in [0.4, 0.5) is 0 Å². The number of hydrogen-bond donors (Lipinski definition) is 2. The normalized spacial score (nSPS) is 27.5. The maximum absolute atomic E-state index is 11.1. The Kier molecular flexibility index (Phi) is 3.45. The number of nitrogens with zero attached hydrogens (tertiary/aromatic N) is 2. The van der Waals surface area contributed by atoms with Crippen molar-refractivity contribution in [2.75, 3.05) is 13.1 Å². The number of fused-ring (bicyclic) bond motifs is 2. The molecule has 2 fully saturated rings. The predicted octanol–water partition coefficient (Wildman–Crippen LogP) is 2.23. The van der Waals surface area contributed by atoms with E-state index in [0.29, 0.717) is 16.9 Å². The summed E-state index contributed by atoms with van der Waals surface area (Å²) in [6.07, 6.45) is 5.09. The standard InChI is InChI=1S/C14H16ClN3O.ClH/c15-12-2-1-11-7-17-8-18(11)13(12)14(19)3-9-5-16-6-10(9)4-14;/h1-2,7-10,16,19H,3-6H2;1H/t9-,10-;/m0./s1. The fourth-order valence-electron chi connectivity index (χ4n) is 3.82. The van der Waals surface area contributed by atoms with Gasteiger partial charge in [0.1, 0.15) is 5.60 Å². The number of imidazole rings is 1. The SMILES string of the molecule is Cl.OC1(c2c(Cl)ccc3cncn23)C[C@H]2CNC[C@@H]2C1. The Labute approximate surface area is 128 Å². The molecule has 2 aliphatic rings. The van der Waals surface area contributed by atoms with E-state index in [0.717, 1.165) is 37.1 Å². The molecule has 2 atom stereocenters. The Bertz CT molecular complexity index is 630. The molecule has 4 rings (SSSR count). The number of aromatic nitrogens is 2. The van der Waals surface area contributed by atoms with E-state index in [9.17, 15) is 5.11 Å². The molecule has 108 valence electrons. The van der Waals surface area contributed by atoms with Gasteiger partial charge in [-0.25, -0.2) is 4.98 Å². The van der Waals surface area contributed by atoms with Gasteiger partial charge in [-0.2, -0.15) is 0 Å². The molecular formula is C14H17Cl2N3O. The van der Waals surface area contributed by atoms with Crippen LogP contribution in [0.25, 0.3) is 5.52 Å². The highest BCUT2D eigenvalue weighted by Gasteiger charge is 2.48. The first-order valence-electron chi connectivity index (χ1n) is 6.71. The fourth-order valence-corrected chi connectivity index (χ4v) is 4.15. The zero-order chi connectivity index (χ0) is 13.0. The van der Waals surface area contributed by atoms with E-state index in [-0.39, 0.29) is 12.4 Å². The highest BCUT2D eigenvalue weighted by molar-refractivity contribution is 6.31. The Balaban J connectivity index is 0.00000121. The summed E-state index contributed by atoms with van der Waals surface area (Å²) >= 11 is 6.36. The summed E-state index contributed by atoms with van der Waals surface area (Å²) in [4.78, 5) is 4.16. The third kappa shape index (κ3) is 1.94. The zero-order valence-corrected chi connectivity index (χ0v) is 12.5. The van der Waals surface area contributed by atoms with E-state index in [2.05, 4.69) is 10.3 Å². The van der Waals surface area contributed by atoms with Crippen LogP contribution in [0.2, 0.25) is 5.02 Å². The lowest BCUT2D eigenvalue weighted by Crippen LogP contribution is -2.28. The number of rotatable bonds is 1. The van der Waals surface area contributed by atoms with E-state index < -0.39 is 5.60 Å². The molecule has 2 N–H and O–H groups in total. The van der Waals surface area contributed by atoms with Crippen LogP contribution >= 0.6 is 24.0 Å². The van der Waals surface area contributed by atoms with Crippen molar-refractivity contribution in [1.82, 2.24) is 14.7 Å². The molecule has 0 radical (unpaired) electrons. The number of halogens is 2. The van der Waals surface area contributed by atoms with Gasteiger partial charge in [0.15, 0.2) is 0 Å². The Morgan fingerprint density at radius 3 is 2.70 bits per heavy atom. The first-order chi connectivity index (χ1) is 9.17. The molecule has 20 heavy (non-hydrogen) atoms. The highest BCUT2D eigenvalue weighted by atomic mass is 35.5. The van der Waals surface area contributed by atoms with Crippen molar-refractivity contribution < 1.29 is 5.11 Å². The Morgan fingerprint density at radius 2 is 2.00 bits per heavy atom. The van der Waals surface area contributed by atoms with Crippen molar-refractivity contribution in [3.05, 3.63) is 35.4 Å². The van der Waals surface area contributed by atoms with Crippen LogP contribution in [0, 0.1) is 11.8 Å². The minimum atomic E-state index is -0.825. The van der Waals surface area contributed by atoms with Gasteiger partial charge in [0, 0.05) is 0 Å². The van der Waals surface area contributed by atoms with Crippen LogP contribution in [0.1, 0.15) is 18.5 Å². The quantitative estimate of drug-likeness (QED) is 0.849. The lowest BCUT2D eigenvalue weighted by Gasteiger charge is -2.26. The summed E-state index contributed by atoms with van der Waals surface area (Å²) in [5.41, 5.74) is 0.955. The molecule has 1 saturated carbocycles. The zero-order valence-electron chi connectivity index (χ0n) is 10.9. The molecule has 2 aromatic rings. The third-order valence-electron chi connectivity index (χ3n) is 4.65. The third-order valence-corrected chi connectivity index (χ3v) is 4.96. The smallest absolute Gasteiger partial charge is 0.107 e. The van der Waals surface area contributed by atoms with Gasteiger partial charge in [-0.15, -0.1) is 12.4 Å². The molecule has 1 aliphatic carbocycles. The van der Waals surface area contributed by atoms with Crippen molar-refractivity contribution in [1.29, 1.82) is 0 Å². The second-order valence-electron chi connectivity index (χ2n) is 5.84. The molecule has 0 unspecified atom stereocenters. The largest absolute Gasteiger partial charge is 0.384 e. The van der Waals surface area contributed by atoms with Crippen molar-refractivity contribution in [3.8, 4) is 0 Å². The lowest BCUT2D eigenvalue weighted by molar-refractivity contribution is 0.0304. The summed E-state index contributed by atoms with van der Waals surface area (Å²) in [6.45, 7) is 2.01. The molecule has 0 bridgehead atoms. The number of nitrogens with one attached hydrogen (secondary N) is 1. The van der Waals surface area contributed by atoms with Gasteiger partial charge >= 0.3 is 0 Å². The molecule has 4 nitrogen and oxygen atoms in total. The van der Waals surface area contributed by atoms with Gasteiger partial charge < -0.3 is 10.4 Å². The topological polar surface area (TPSA) is 49.6 Å². The van der Waals surface area contributed by atoms with Crippen LogP contribution in [-0.2, 0) is 5.60 Å². The average molecular weight is 314 g/mol. The molecule has 3 heterocycles. The summed E-state index contributed by atoms with van der Waals surface area (Å²) < 4.78 is 1.93. The molecule has 1 aliphatic heterocycles. The molecule has 0 amide bonds. The highest BCUT2D eigenvalue weighted by Crippen LogP contribution is 2.48. The van der Waals surface area contributed by atoms with Gasteiger partial charge in [-0.3, -0.25) is 4.40 Å². The first kappa shape index (κ1) is 14.1. The number of aliphatic hydroxyl groups is 1. The Hall–Kier alpha value is -0.810. The van der Waals surface area contributed by atoms with E-state index >= 15 is 0 Å². The van der Waals surface area contributed by atoms with Crippen molar-refractivity contribution in [2.24, 2.45) is 11.8 Å². The van der Waals surface area contributed by atoms with Crippen molar-refractivity contribution in [2.45, 2.75) is 18.4 Å². The first-order valence-corrected chi connectivity index (χ1v) is 7.09. The summed E-state index contributed by atoms with van der Waals surface area (Å²) in [6, 6.07) is 3.79. The Morgan fingerprint density at radius 1 is 1.30 bits per heavy atom. The lowest BCUT2D eigenvalue weighted by atomic mass is 9.94. The van der Waals surface area contributed by atoms with E-state index in [1.54, 1.807) is 12.5 Å². The van der Waals surface area contributed by atoms with Crippen LogP contribution < -0.4 is 5.32 Å². The van der Waals surface area contributed by atoms with Crippen LogP contribution in [-0.4, -0.2) is 27.6 Å². The van der Waals surface area contributed by atoms with E-state index in [1.165, 1.54) is 0 Å². The number of pyridine rings is 1. The van der Waals surface area contributed by atoms with Gasteiger partial charge in [0.05, 0.1) is 28.8 Å². The van der Waals surface area contributed by atoms with Gasteiger partial charge in [-0.1, -0.05) is 11.6 Å². The monoisotopic (exact) mass is 313 g/mol. The molecule has 1 saturated heterocycles. The van der Waals surface area contributed by atoms with Crippen LogP contribution in [0.5, 0.6) is 0 Å². The summed E-state index contributed by atoms with van der Waals surface area (Å²) in [7, 11) is 0. The molecule has 6 heteroatoms.